The van der Waals surface area contributed by atoms with Crippen molar-refractivity contribution in [3.05, 3.63) is 42.4 Å². The number of imidazole rings is 1. The summed E-state index contributed by atoms with van der Waals surface area (Å²) in [6.45, 7) is 2.26. The SMILES string of the molecule is CCC1CC2CCC(O)([C@@H](O)C[C@@H]3c4ccccc4-c4cncn43)C(C1)C2. The highest BCUT2D eigenvalue weighted by Gasteiger charge is 2.50. The van der Waals surface area contributed by atoms with E-state index in [-0.39, 0.29) is 12.0 Å². The van der Waals surface area contributed by atoms with E-state index in [2.05, 4.69) is 40.7 Å². The quantitative estimate of drug-likeness (QED) is 0.854. The summed E-state index contributed by atoms with van der Waals surface area (Å²) in [7, 11) is 0. The largest absolute Gasteiger partial charge is 0.390 e. The molecule has 0 amide bonds. The van der Waals surface area contributed by atoms with Crippen LogP contribution in [0.15, 0.2) is 36.8 Å². The smallest absolute Gasteiger partial charge is 0.0956 e. The molecule has 3 aliphatic rings. The molecule has 6 atom stereocenters. The molecule has 0 saturated heterocycles. The molecule has 4 heteroatoms. The fourth-order valence-corrected chi connectivity index (χ4v) is 6.21. The first-order valence-corrected chi connectivity index (χ1v) is 10.6. The van der Waals surface area contributed by atoms with Crippen molar-refractivity contribution in [2.24, 2.45) is 17.8 Å². The first-order valence-electron chi connectivity index (χ1n) is 10.6. The Morgan fingerprint density at radius 2 is 2.11 bits per heavy atom. The second-order valence-electron chi connectivity index (χ2n) is 9.11. The van der Waals surface area contributed by atoms with Crippen molar-refractivity contribution in [2.75, 3.05) is 0 Å². The van der Waals surface area contributed by atoms with Gasteiger partial charge in [0.1, 0.15) is 0 Å². The van der Waals surface area contributed by atoms with Gasteiger partial charge in [0.2, 0.25) is 0 Å². The molecule has 1 aliphatic heterocycles. The highest BCUT2D eigenvalue weighted by atomic mass is 16.3. The van der Waals surface area contributed by atoms with Crippen LogP contribution in [0.5, 0.6) is 0 Å². The standard InChI is InChI=1S/C23H30N2O2/c1-2-15-9-16-7-8-23(27,17(10-15)11-16)22(26)12-20-18-5-3-4-6-19(18)21-13-24-14-25(20)21/h3-6,13-17,20,22,26-27H,2,7-12H2,1H3/t15?,16?,17?,20-,22+,23?/m1/s1. The monoisotopic (exact) mass is 366 g/mol. The average molecular weight is 367 g/mol. The molecule has 1 aromatic heterocycles. The van der Waals surface area contributed by atoms with Gasteiger partial charge in [-0.2, -0.15) is 0 Å². The first-order chi connectivity index (χ1) is 13.1. The van der Waals surface area contributed by atoms with Gasteiger partial charge in [-0.3, -0.25) is 0 Å². The van der Waals surface area contributed by atoms with Crippen molar-refractivity contribution < 1.29 is 10.2 Å². The molecule has 2 aromatic rings. The zero-order valence-electron chi connectivity index (χ0n) is 16.1. The minimum absolute atomic E-state index is 0.0565. The Labute approximate surface area is 161 Å². The molecule has 2 bridgehead atoms. The van der Waals surface area contributed by atoms with Crippen LogP contribution in [-0.2, 0) is 0 Å². The maximum Gasteiger partial charge on any atom is 0.0956 e. The molecule has 4 unspecified atom stereocenters. The van der Waals surface area contributed by atoms with E-state index >= 15 is 0 Å². The molecular weight excluding hydrogens is 336 g/mol. The lowest BCUT2D eigenvalue weighted by molar-refractivity contribution is -0.161. The molecule has 0 radical (unpaired) electrons. The fourth-order valence-electron chi connectivity index (χ4n) is 6.21. The summed E-state index contributed by atoms with van der Waals surface area (Å²) < 4.78 is 2.17. The maximum absolute atomic E-state index is 11.6. The Morgan fingerprint density at radius 1 is 1.26 bits per heavy atom. The van der Waals surface area contributed by atoms with Crippen LogP contribution in [0, 0.1) is 17.8 Å². The van der Waals surface area contributed by atoms with E-state index in [4.69, 9.17) is 0 Å². The Hall–Kier alpha value is -1.65. The van der Waals surface area contributed by atoms with E-state index in [1.807, 2.05) is 12.5 Å². The van der Waals surface area contributed by atoms with Crippen LogP contribution in [0.25, 0.3) is 11.3 Å². The van der Waals surface area contributed by atoms with Gasteiger partial charge in [-0.1, -0.05) is 37.6 Å². The van der Waals surface area contributed by atoms with Crippen molar-refractivity contribution in [3.8, 4) is 11.3 Å². The molecule has 2 N–H and O–H groups in total. The number of aliphatic hydroxyl groups is 2. The minimum atomic E-state index is -0.942. The number of rotatable bonds is 4. The second kappa shape index (κ2) is 6.46. The van der Waals surface area contributed by atoms with Gasteiger partial charge in [-0.05, 0) is 55.4 Å². The number of hydrogen-bond donors (Lipinski definition) is 2. The molecule has 27 heavy (non-hydrogen) atoms. The van der Waals surface area contributed by atoms with E-state index in [9.17, 15) is 10.2 Å². The molecule has 4 nitrogen and oxygen atoms in total. The molecule has 1 aromatic carbocycles. The molecule has 2 fully saturated rings. The van der Waals surface area contributed by atoms with Gasteiger partial charge in [0.05, 0.1) is 36.0 Å². The summed E-state index contributed by atoms with van der Waals surface area (Å²) >= 11 is 0. The van der Waals surface area contributed by atoms with Crippen LogP contribution < -0.4 is 0 Å². The average Bonchev–Trinajstić information content (AvgIpc) is 3.28. The zero-order valence-corrected chi connectivity index (χ0v) is 16.1. The predicted octanol–water partition coefficient (Wildman–Crippen LogP) is 4.17. The van der Waals surface area contributed by atoms with Crippen molar-refractivity contribution in [3.63, 3.8) is 0 Å². The van der Waals surface area contributed by atoms with Crippen LogP contribution in [0.3, 0.4) is 0 Å². The van der Waals surface area contributed by atoms with Crippen molar-refractivity contribution in [1.82, 2.24) is 9.55 Å². The number of fused-ring (bicyclic) bond motifs is 5. The Kier molecular flexibility index (Phi) is 4.17. The highest BCUT2D eigenvalue weighted by Crippen LogP contribution is 2.51. The van der Waals surface area contributed by atoms with Crippen molar-refractivity contribution in [1.29, 1.82) is 0 Å². The molecule has 2 saturated carbocycles. The predicted molar refractivity (Wildman–Crippen MR) is 105 cm³/mol. The number of aromatic nitrogens is 2. The topological polar surface area (TPSA) is 58.3 Å². The molecule has 2 heterocycles. The summed E-state index contributed by atoms with van der Waals surface area (Å²) in [5.41, 5.74) is 2.61. The maximum atomic E-state index is 11.6. The van der Waals surface area contributed by atoms with Crippen LogP contribution in [0.4, 0.5) is 0 Å². The third kappa shape index (κ3) is 2.68. The van der Waals surface area contributed by atoms with Crippen LogP contribution in [-0.4, -0.2) is 31.5 Å². The first kappa shape index (κ1) is 17.4. The highest BCUT2D eigenvalue weighted by molar-refractivity contribution is 5.68. The van der Waals surface area contributed by atoms with Gasteiger partial charge in [-0.15, -0.1) is 0 Å². The lowest BCUT2D eigenvalue weighted by Gasteiger charge is -2.51. The lowest BCUT2D eigenvalue weighted by Crippen LogP contribution is -2.54. The van der Waals surface area contributed by atoms with Crippen LogP contribution in [0.1, 0.15) is 63.5 Å². The molecule has 2 aliphatic carbocycles. The van der Waals surface area contributed by atoms with Gasteiger partial charge >= 0.3 is 0 Å². The third-order valence-electron chi connectivity index (χ3n) is 7.76. The van der Waals surface area contributed by atoms with E-state index in [0.29, 0.717) is 12.3 Å². The van der Waals surface area contributed by atoms with Gasteiger partial charge in [-0.25, -0.2) is 4.98 Å². The minimum Gasteiger partial charge on any atom is -0.390 e. The Bertz CT molecular complexity index is 831. The summed E-state index contributed by atoms with van der Waals surface area (Å²) in [6, 6.07) is 8.44. The number of aliphatic hydroxyl groups excluding tert-OH is 1. The van der Waals surface area contributed by atoms with Crippen LogP contribution >= 0.6 is 0 Å². The van der Waals surface area contributed by atoms with Crippen molar-refractivity contribution >= 4 is 0 Å². The lowest BCUT2D eigenvalue weighted by atomic mass is 9.59. The summed E-state index contributed by atoms with van der Waals surface area (Å²) in [4.78, 5) is 4.32. The molecular formula is C23H30N2O2. The van der Waals surface area contributed by atoms with Crippen molar-refractivity contribution in [2.45, 2.75) is 69.6 Å². The molecule has 5 rings (SSSR count). The van der Waals surface area contributed by atoms with Gasteiger partial charge in [0.15, 0.2) is 0 Å². The zero-order chi connectivity index (χ0) is 18.6. The van der Waals surface area contributed by atoms with Gasteiger partial charge in [0, 0.05) is 12.0 Å². The third-order valence-corrected chi connectivity index (χ3v) is 7.76. The summed E-state index contributed by atoms with van der Waals surface area (Å²) in [6.07, 6.45) is 10.1. The molecule has 144 valence electrons. The number of hydrogen-bond acceptors (Lipinski definition) is 3. The van der Waals surface area contributed by atoms with E-state index in [0.717, 1.165) is 37.3 Å². The number of nitrogens with zero attached hydrogens (tertiary/aromatic N) is 2. The molecule has 0 spiro atoms. The normalized spacial score (nSPS) is 35.5. The van der Waals surface area contributed by atoms with Crippen LogP contribution in [0.2, 0.25) is 0 Å². The Balaban J connectivity index is 1.41. The second-order valence-corrected chi connectivity index (χ2v) is 9.11. The van der Waals surface area contributed by atoms with Gasteiger partial charge in [0.25, 0.3) is 0 Å². The van der Waals surface area contributed by atoms with E-state index in [1.54, 1.807) is 0 Å². The fraction of sp³-hybridized carbons (Fsp3) is 0.609. The van der Waals surface area contributed by atoms with Gasteiger partial charge < -0.3 is 14.8 Å². The Morgan fingerprint density at radius 3 is 2.96 bits per heavy atom. The number of benzene rings is 1. The van der Waals surface area contributed by atoms with E-state index < -0.39 is 11.7 Å². The van der Waals surface area contributed by atoms with E-state index in [1.165, 1.54) is 24.0 Å². The summed E-state index contributed by atoms with van der Waals surface area (Å²) in [5.74, 6) is 1.69. The summed E-state index contributed by atoms with van der Waals surface area (Å²) in [5, 5.41) is 22.9.